The Kier molecular flexibility index (Phi) is 7.78. The Morgan fingerprint density at radius 2 is 1.48 bits per heavy atom. The van der Waals surface area contributed by atoms with Gasteiger partial charge in [0.1, 0.15) is 5.75 Å². The van der Waals surface area contributed by atoms with Gasteiger partial charge in [-0.15, -0.1) is 11.3 Å². The van der Waals surface area contributed by atoms with Crippen molar-refractivity contribution in [3.8, 4) is 5.75 Å². The molecule has 0 aliphatic rings. The first-order valence-electron chi connectivity index (χ1n) is 9.79. The molecule has 0 saturated carbocycles. The number of nitrogens with one attached hydrogen (secondary N) is 3. The second-order valence-electron chi connectivity index (χ2n) is 6.77. The van der Waals surface area contributed by atoms with E-state index in [4.69, 9.17) is 0 Å². The van der Waals surface area contributed by atoms with Gasteiger partial charge in [-0.1, -0.05) is 24.3 Å². The number of thiophene rings is 1. The molecule has 7 nitrogen and oxygen atoms in total. The van der Waals surface area contributed by atoms with E-state index < -0.39 is 0 Å². The molecule has 0 fully saturated rings. The maximum Gasteiger partial charge on any atom is 0.261 e. The zero-order valence-electron chi connectivity index (χ0n) is 16.8. The molecule has 0 atom stereocenters. The van der Waals surface area contributed by atoms with Gasteiger partial charge in [-0.05, 0) is 53.8 Å². The lowest BCUT2D eigenvalue weighted by atomic mass is 10.1. The van der Waals surface area contributed by atoms with E-state index >= 15 is 0 Å². The van der Waals surface area contributed by atoms with Crippen molar-refractivity contribution >= 4 is 29.1 Å². The molecule has 160 valence electrons. The number of hydrogen-bond acceptors (Lipinski definition) is 5. The molecule has 2 aromatic carbocycles. The smallest absolute Gasteiger partial charge is 0.261 e. The van der Waals surface area contributed by atoms with Crippen molar-refractivity contribution in [2.75, 3.05) is 13.1 Å². The highest BCUT2D eigenvalue weighted by atomic mass is 32.1. The van der Waals surface area contributed by atoms with Crippen LogP contribution < -0.4 is 16.0 Å². The summed E-state index contributed by atoms with van der Waals surface area (Å²) in [5.41, 5.74) is 1.81. The molecule has 0 radical (unpaired) electrons. The summed E-state index contributed by atoms with van der Waals surface area (Å²) in [5.74, 6) is -0.554. The Bertz CT molecular complexity index is 1030. The van der Waals surface area contributed by atoms with Crippen LogP contribution in [0, 0.1) is 0 Å². The van der Waals surface area contributed by atoms with E-state index in [1.165, 1.54) is 23.5 Å². The minimum atomic E-state index is -0.274. The number of carbonyl (C=O) groups excluding carboxylic acids is 3. The first kappa shape index (κ1) is 22.0. The van der Waals surface area contributed by atoms with E-state index in [-0.39, 0.29) is 23.5 Å². The zero-order chi connectivity index (χ0) is 22.1. The second-order valence-corrected chi connectivity index (χ2v) is 7.72. The third-order valence-electron chi connectivity index (χ3n) is 4.45. The number of amides is 3. The molecule has 31 heavy (non-hydrogen) atoms. The van der Waals surface area contributed by atoms with E-state index in [1.54, 1.807) is 42.5 Å². The Morgan fingerprint density at radius 3 is 2.13 bits per heavy atom. The number of aromatic hydroxyl groups is 1. The fourth-order valence-corrected chi connectivity index (χ4v) is 3.43. The number of hydrogen-bond donors (Lipinski definition) is 4. The molecular formula is C23H23N3O4S. The maximum atomic E-state index is 12.2. The Balaban J connectivity index is 1.35. The van der Waals surface area contributed by atoms with Crippen molar-refractivity contribution in [3.63, 3.8) is 0 Å². The van der Waals surface area contributed by atoms with Gasteiger partial charge in [0.05, 0.1) is 4.88 Å². The lowest BCUT2D eigenvalue weighted by Gasteiger charge is -2.08. The number of carbonyl (C=O) groups is 3. The van der Waals surface area contributed by atoms with E-state index in [0.717, 1.165) is 5.56 Å². The number of phenolic OH excluding ortho intramolecular Hbond substituents is 1. The van der Waals surface area contributed by atoms with Crippen LogP contribution in [0.25, 0.3) is 0 Å². The molecule has 0 spiro atoms. The summed E-state index contributed by atoms with van der Waals surface area (Å²) in [4.78, 5) is 36.8. The van der Waals surface area contributed by atoms with Crippen LogP contribution in [-0.4, -0.2) is 35.9 Å². The van der Waals surface area contributed by atoms with E-state index in [1.807, 2.05) is 11.4 Å². The zero-order valence-corrected chi connectivity index (χ0v) is 17.6. The van der Waals surface area contributed by atoms with Crippen molar-refractivity contribution in [2.24, 2.45) is 0 Å². The predicted molar refractivity (Wildman–Crippen MR) is 119 cm³/mol. The quantitative estimate of drug-likeness (QED) is 0.386. The summed E-state index contributed by atoms with van der Waals surface area (Å²) < 4.78 is 0. The maximum absolute atomic E-state index is 12.2. The fraction of sp³-hybridized carbons (Fsp3) is 0.174. The Hall–Kier alpha value is -3.65. The topological polar surface area (TPSA) is 108 Å². The average Bonchev–Trinajstić information content (AvgIpc) is 3.32. The highest BCUT2D eigenvalue weighted by Gasteiger charge is 2.08. The van der Waals surface area contributed by atoms with Crippen molar-refractivity contribution in [1.82, 2.24) is 16.0 Å². The molecular weight excluding hydrogens is 414 g/mol. The minimum Gasteiger partial charge on any atom is -0.508 e. The molecule has 0 unspecified atom stereocenters. The average molecular weight is 438 g/mol. The molecule has 3 amide bonds. The summed E-state index contributed by atoms with van der Waals surface area (Å²) in [5, 5.41) is 19.7. The molecule has 8 heteroatoms. The van der Waals surface area contributed by atoms with Crippen LogP contribution in [0.4, 0.5) is 0 Å². The van der Waals surface area contributed by atoms with Gasteiger partial charge in [-0.2, -0.15) is 0 Å². The first-order chi connectivity index (χ1) is 15.0. The lowest BCUT2D eigenvalue weighted by Crippen LogP contribution is -2.29. The van der Waals surface area contributed by atoms with Crippen molar-refractivity contribution in [1.29, 1.82) is 0 Å². The third kappa shape index (κ3) is 6.68. The van der Waals surface area contributed by atoms with Gasteiger partial charge in [-0.3, -0.25) is 14.4 Å². The lowest BCUT2D eigenvalue weighted by molar-refractivity contribution is 0.0940. The molecule has 1 heterocycles. The molecule has 3 rings (SSSR count). The van der Waals surface area contributed by atoms with Gasteiger partial charge in [0, 0.05) is 30.8 Å². The van der Waals surface area contributed by atoms with Crippen molar-refractivity contribution < 1.29 is 19.5 Å². The standard InChI is InChI=1S/C23H23N3O4S/c27-19-5-1-4-18(14-19)22(29)25-12-3-11-24-21(28)17-9-7-16(8-10-17)15-26-23(30)20-6-2-13-31-20/h1-2,4-10,13-14,27H,3,11-12,15H2,(H,24,28)(H,25,29)(H,26,30). The highest BCUT2D eigenvalue weighted by molar-refractivity contribution is 7.12. The normalized spacial score (nSPS) is 10.3. The number of rotatable bonds is 9. The van der Waals surface area contributed by atoms with Crippen LogP contribution in [0.3, 0.4) is 0 Å². The van der Waals surface area contributed by atoms with Gasteiger partial charge in [0.2, 0.25) is 0 Å². The third-order valence-corrected chi connectivity index (χ3v) is 5.32. The van der Waals surface area contributed by atoms with Crippen LogP contribution in [0.15, 0.2) is 66.0 Å². The van der Waals surface area contributed by atoms with E-state index in [9.17, 15) is 19.5 Å². The Morgan fingerprint density at radius 1 is 0.774 bits per heavy atom. The Labute approximate surface area is 184 Å². The molecule has 0 bridgehead atoms. The van der Waals surface area contributed by atoms with Gasteiger partial charge >= 0.3 is 0 Å². The molecule has 1 aromatic heterocycles. The van der Waals surface area contributed by atoms with E-state index in [2.05, 4.69) is 16.0 Å². The molecule has 3 aromatic rings. The van der Waals surface area contributed by atoms with Gasteiger partial charge in [-0.25, -0.2) is 0 Å². The largest absolute Gasteiger partial charge is 0.508 e. The SMILES string of the molecule is O=C(NCCCNC(=O)c1cccc(O)c1)c1ccc(CNC(=O)c2cccs2)cc1. The number of phenols is 1. The summed E-state index contributed by atoms with van der Waals surface area (Å²) in [7, 11) is 0. The van der Waals surface area contributed by atoms with Crippen LogP contribution in [0.2, 0.25) is 0 Å². The molecule has 0 aliphatic carbocycles. The highest BCUT2D eigenvalue weighted by Crippen LogP contribution is 2.11. The fourth-order valence-electron chi connectivity index (χ4n) is 2.79. The van der Waals surface area contributed by atoms with Crippen LogP contribution in [0.1, 0.15) is 42.4 Å². The van der Waals surface area contributed by atoms with Gasteiger partial charge < -0.3 is 21.1 Å². The number of benzene rings is 2. The monoisotopic (exact) mass is 437 g/mol. The van der Waals surface area contributed by atoms with Gasteiger partial charge in [0.15, 0.2) is 0 Å². The van der Waals surface area contributed by atoms with Crippen molar-refractivity contribution in [3.05, 3.63) is 87.6 Å². The van der Waals surface area contributed by atoms with Gasteiger partial charge in [0.25, 0.3) is 17.7 Å². The predicted octanol–water partition coefficient (Wildman–Crippen LogP) is 2.93. The molecule has 4 N–H and O–H groups in total. The van der Waals surface area contributed by atoms with E-state index in [0.29, 0.717) is 42.1 Å². The summed E-state index contributed by atoms with van der Waals surface area (Å²) in [6, 6.07) is 16.8. The molecule has 0 aliphatic heterocycles. The van der Waals surface area contributed by atoms with Crippen LogP contribution in [-0.2, 0) is 6.54 Å². The van der Waals surface area contributed by atoms with Crippen LogP contribution >= 0.6 is 11.3 Å². The molecule has 0 saturated heterocycles. The minimum absolute atomic E-state index is 0.0378. The van der Waals surface area contributed by atoms with Crippen LogP contribution in [0.5, 0.6) is 5.75 Å². The van der Waals surface area contributed by atoms with Crippen molar-refractivity contribution in [2.45, 2.75) is 13.0 Å². The first-order valence-corrected chi connectivity index (χ1v) is 10.7. The summed E-state index contributed by atoms with van der Waals surface area (Å²) >= 11 is 1.39. The second kappa shape index (κ2) is 10.9. The summed E-state index contributed by atoms with van der Waals surface area (Å²) in [6.07, 6.45) is 0.573. The summed E-state index contributed by atoms with van der Waals surface area (Å²) in [6.45, 7) is 1.20.